The Morgan fingerprint density at radius 1 is 1.33 bits per heavy atom. The quantitative estimate of drug-likeness (QED) is 0.814. The van der Waals surface area contributed by atoms with Crippen LogP contribution in [0.4, 0.5) is 0 Å². The Hall–Kier alpha value is -0.710. The predicted molar refractivity (Wildman–Crippen MR) is 92.2 cm³/mol. The van der Waals surface area contributed by atoms with Gasteiger partial charge < -0.3 is 10.6 Å². The van der Waals surface area contributed by atoms with Crippen LogP contribution in [0.5, 0.6) is 0 Å². The first-order chi connectivity index (χ1) is 9.70. The van der Waals surface area contributed by atoms with Crippen LogP contribution < -0.4 is 10.6 Å². The molecule has 1 aliphatic rings. The first-order valence-electron chi connectivity index (χ1n) is 7.44. The van der Waals surface area contributed by atoms with Crippen LogP contribution in [-0.4, -0.2) is 24.7 Å². The lowest BCUT2D eigenvalue weighted by Gasteiger charge is -2.24. The predicted octanol–water partition coefficient (Wildman–Crippen LogP) is 3.40. The second kappa shape index (κ2) is 9.34. The van der Waals surface area contributed by atoms with Crippen LogP contribution in [0.2, 0.25) is 0 Å². The zero-order valence-electron chi connectivity index (χ0n) is 12.7. The number of hydrogen-bond acceptors (Lipinski definition) is 3. The summed E-state index contributed by atoms with van der Waals surface area (Å²) < 4.78 is 0. The SMILES string of the molecule is CCSc1ccc(C(C)NC(=O)C2CCNCC2)cc1.Cl. The van der Waals surface area contributed by atoms with Crippen LogP contribution in [0.3, 0.4) is 0 Å². The van der Waals surface area contributed by atoms with Gasteiger partial charge in [0.2, 0.25) is 5.91 Å². The van der Waals surface area contributed by atoms with Gasteiger partial charge in [0.15, 0.2) is 0 Å². The van der Waals surface area contributed by atoms with E-state index in [2.05, 4.69) is 48.7 Å². The van der Waals surface area contributed by atoms with Crippen LogP contribution in [0.25, 0.3) is 0 Å². The zero-order valence-corrected chi connectivity index (χ0v) is 14.4. The van der Waals surface area contributed by atoms with Crippen molar-refractivity contribution in [2.45, 2.75) is 37.6 Å². The van der Waals surface area contributed by atoms with Gasteiger partial charge >= 0.3 is 0 Å². The van der Waals surface area contributed by atoms with Crippen molar-refractivity contribution in [3.05, 3.63) is 29.8 Å². The third-order valence-electron chi connectivity index (χ3n) is 3.76. The summed E-state index contributed by atoms with van der Waals surface area (Å²) >= 11 is 1.84. The molecule has 0 bridgehead atoms. The summed E-state index contributed by atoms with van der Waals surface area (Å²) in [5.74, 6) is 1.46. The molecule has 1 saturated heterocycles. The third kappa shape index (κ3) is 5.53. The molecule has 3 nitrogen and oxygen atoms in total. The molecule has 1 aromatic rings. The van der Waals surface area contributed by atoms with E-state index in [0.29, 0.717) is 0 Å². The monoisotopic (exact) mass is 328 g/mol. The molecule has 2 N–H and O–H groups in total. The number of benzene rings is 1. The van der Waals surface area contributed by atoms with Crippen molar-refractivity contribution in [2.75, 3.05) is 18.8 Å². The van der Waals surface area contributed by atoms with E-state index in [9.17, 15) is 4.79 Å². The van der Waals surface area contributed by atoms with Crippen molar-refractivity contribution < 1.29 is 4.79 Å². The Kier molecular flexibility index (Phi) is 8.15. The van der Waals surface area contributed by atoms with E-state index < -0.39 is 0 Å². The van der Waals surface area contributed by atoms with Crippen molar-refractivity contribution in [3.8, 4) is 0 Å². The highest BCUT2D eigenvalue weighted by Crippen LogP contribution is 2.21. The van der Waals surface area contributed by atoms with Crippen LogP contribution in [0.15, 0.2) is 29.2 Å². The minimum atomic E-state index is 0. The fourth-order valence-corrected chi connectivity index (χ4v) is 3.18. The fourth-order valence-electron chi connectivity index (χ4n) is 2.52. The summed E-state index contributed by atoms with van der Waals surface area (Å²) in [5, 5.41) is 6.43. The summed E-state index contributed by atoms with van der Waals surface area (Å²) in [6.07, 6.45) is 1.90. The molecular weight excluding hydrogens is 304 g/mol. The molecule has 1 aromatic carbocycles. The summed E-state index contributed by atoms with van der Waals surface area (Å²) in [5.41, 5.74) is 1.17. The molecule has 0 radical (unpaired) electrons. The Labute approximate surface area is 138 Å². The van der Waals surface area contributed by atoms with Crippen molar-refractivity contribution in [1.29, 1.82) is 0 Å². The van der Waals surface area contributed by atoms with Crippen LogP contribution in [-0.2, 0) is 4.79 Å². The molecule has 1 amide bonds. The summed E-state index contributed by atoms with van der Waals surface area (Å²) in [4.78, 5) is 13.5. The molecule has 118 valence electrons. The Balaban J connectivity index is 0.00000220. The van der Waals surface area contributed by atoms with E-state index >= 15 is 0 Å². The smallest absolute Gasteiger partial charge is 0.223 e. The normalized spacial score (nSPS) is 16.9. The Morgan fingerprint density at radius 3 is 2.52 bits per heavy atom. The molecule has 1 heterocycles. The molecule has 0 saturated carbocycles. The van der Waals surface area contributed by atoms with E-state index in [0.717, 1.165) is 31.7 Å². The van der Waals surface area contributed by atoms with Crippen molar-refractivity contribution >= 4 is 30.1 Å². The third-order valence-corrected chi connectivity index (χ3v) is 4.65. The highest BCUT2D eigenvalue weighted by Gasteiger charge is 2.22. The average molecular weight is 329 g/mol. The molecule has 1 unspecified atom stereocenters. The second-order valence-corrected chi connectivity index (χ2v) is 6.59. The van der Waals surface area contributed by atoms with Gasteiger partial charge in [-0.2, -0.15) is 0 Å². The molecule has 2 rings (SSSR count). The van der Waals surface area contributed by atoms with E-state index in [1.165, 1.54) is 10.5 Å². The average Bonchev–Trinajstić information content (AvgIpc) is 2.49. The fraction of sp³-hybridized carbons (Fsp3) is 0.562. The number of amides is 1. The number of piperidine rings is 1. The molecule has 1 aliphatic heterocycles. The minimum Gasteiger partial charge on any atom is -0.349 e. The van der Waals surface area contributed by atoms with Crippen molar-refractivity contribution in [1.82, 2.24) is 10.6 Å². The lowest BCUT2D eigenvalue weighted by molar-refractivity contribution is -0.126. The molecule has 0 aliphatic carbocycles. The summed E-state index contributed by atoms with van der Waals surface area (Å²) in [7, 11) is 0. The summed E-state index contributed by atoms with van der Waals surface area (Å²) in [6.45, 7) is 6.12. The van der Waals surface area contributed by atoms with E-state index in [4.69, 9.17) is 0 Å². The first kappa shape index (κ1) is 18.3. The molecule has 21 heavy (non-hydrogen) atoms. The van der Waals surface area contributed by atoms with Gasteiger partial charge in [0, 0.05) is 10.8 Å². The van der Waals surface area contributed by atoms with Gasteiger partial charge in [0.1, 0.15) is 0 Å². The Morgan fingerprint density at radius 2 is 1.95 bits per heavy atom. The number of hydrogen-bond donors (Lipinski definition) is 2. The molecule has 1 atom stereocenters. The lowest BCUT2D eigenvalue weighted by Crippen LogP contribution is -2.39. The molecule has 1 fully saturated rings. The van der Waals surface area contributed by atoms with Crippen molar-refractivity contribution in [3.63, 3.8) is 0 Å². The van der Waals surface area contributed by atoms with E-state index in [-0.39, 0.29) is 30.3 Å². The number of halogens is 1. The van der Waals surface area contributed by atoms with Crippen LogP contribution in [0.1, 0.15) is 38.3 Å². The number of nitrogens with one attached hydrogen (secondary N) is 2. The van der Waals surface area contributed by atoms with Gasteiger partial charge in [-0.1, -0.05) is 19.1 Å². The van der Waals surface area contributed by atoms with Gasteiger partial charge in [-0.25, -0.2) is 0 Å². The van der Waals surface area contributed by atoms with Crippen LogP contribution in [0, 0.1) is 5.92 Å². The minimum absolute atomic E-state index is 0. The molecule has 0 aromatic heterocycles. The topological polar surface area (TPSA) is 41.1 Å². The van der Waals surface area contributed by atoms with Gasteiger partial charge in [-0.05, 0) is 56.3 Å². The molecular formula is C16H25ClN2OS. The zero-order chi connectivity index (χ0) is 14.4. The standard InChI is InChI=1S/C16H24N2OS.ClH/c1-3-20-15-6-4-13(5-7-15)12(2)18-16(19)14-8-10-17-11-9-14;/h4-7,12,14,17H,3,8-11H2,1-2H3,(H,18,19);1H. The molecule has 0 spiro atoms. The number of rotatable bonds is 5. The molecule has 5 heteroatoms. The van der Waals surface area contributed by atoms with Gasteiger partial charge in [0.05, 0.1) is 6.04 Å². The maximum atomic E-state index is 12.2. The number of carbonyl (C=O) groups is 1. The highest BCUT2D eigenvalue weighted by atomic mass is 35.5. The maximum absolute atomic E-state index is 12.2. The number of carbonyl (C=O) groups excluding carboxylic acids is 1. The van der Waals surface area contributed by atoms with Crippen molar-refractivity contribution in [2.24, 2.45) is 5.92 Å². The van der Waals surface area contributed by atoms with Gasteiger partial charge in [-0.15, -0.1) is 24.2 Å². The van der Waals surface area contributed by atoms with Crippen LogP contribution >= 0.6 is 24.2 Å². The van der Waals surface area contributed by atoms with Gasteiger partial charge in [-0.3, -0.25) is 4.79 Å². The number of thioether (sulfide) groups is 1. The second-order valence-electron chi connectivity index (χ2n) is 5.26. The summed E-state index contributed by atoms with van der Waals surface area (Å²) in [6, 6.07) is 8.59. The first-order valence-corrected chi connectivity index (χ1v) is 8.43. The van der Waals surface area contributed by atoms with E-state index in [1.807, 2.05) is 11.8 Å². The lowest BCUT2D eigenvalue weighted by atomic mass is 9.96. The largest absolute Gasteiger partial charge is 0.349 e. The van der Waals surface area contributed by atoms with E-state index in [1.54, 1.807) is 0 Å². The Bertz CT molecular complexity index is 432. The van der Waals surface area contributed by atoms with Gasteiger partial charge in [0.25, 0.3) is 0 Å². The highest BCUT2D eigenvalue weighted by molar-refractivity contribution is 7.99. The maximum Gasteiger partial charge on any atom is 0.223 e.